The zero-order valence-corrected chi connectivity index (χ0v) is 13.9. The van der Waals surface area contributed by atoms with Crippen LogP contribution in [0.2, 0.25) is 10.0 Å². The summed E-state index contributed by atoms with van der Waals surface area (Å²) in [7, 11) is 0. The van der Waals surface area contributed by atoms with Crippen molar-refractivity contribution in [3.8, 4) is 5.75 Å². The third-order valence-corrected chi connectivity index (χ3v) is 4.27. The largest absolute Gasteiger partial charge is 0.491 e. The van der Waals surface area contributed by atoms with Crippen LogP contribution in [0.4, 0.5) is 0 Å². The van der Waals surface area contributed by atoms with Crippen LogP contribution in [-0.4, -0.2) is 48.9 Å². The number of halogens is 2. The van der Waals surface area contributed by atoms with E-state index in [-0.39, 0.29) is 12.6 Å². The lowest BCUT2D eigenvalue weighted by molar-refractivity contribution is 0.0962. The lowest BCUT2D eigenvalue weighted by Gasteiger charge is -2.37. The number of aliphatic hydroxyl groups excluding tert-OH is 1. The van der Waals surface area contributed by atoms with Gasteiger partial charge in [0.1, 0.15) is 0 Å². The Balaban J connectivity index is 2.25. The maximum Gasteiger partial charge on any atom is 0.156 e. The maximum atomic E-state index is 9.79. The van der Waals surface area contributed by atoms with E-state index in [2.05, 4.69) is 17.1 Å². The highest BCUT2D eigenvalue weighted by Gasteiger charge is 2.25. The second kappa shape index (κ2) is 7.65. The summed E-state index contributed by atoms with van der Waals surface area (Å²) in [5.41, 5.74) is 0.921. The minimum Gasteiger partial charge on any atom is -0.491 e. The molecule has 1 heterocycles. The van der Waals surface area contributed by atoms with E-state index in [1.807, 2.05) is 19.1 Å². The van der Waals surface area contributed by atoms with Gasteiger partial charge in [-0.2, -0.15) is 0 Å². The molecule has 0 spiro atoms. The van der Waals surface area contributed by atoms with Gasteiger partial charge < -0.3 is 15.2 Å². The molecule has 2 unspecified atom stereocenters. The van der Waals surface area contributed by atoms with Crippen LogP contribution < -0.4 is 10.1 Å². The van der Waals surface area contributed by atoms with Crippen molar-refractivity contribution in [1.82, 2.24) is 10.2 Å². The first-order valence-corrected chi connectivity index (χ1v) is 8.02. The normalized spacial score (nSPS) is 21.3. The first kappa shape index (κ1) is 16.8. The van der Waals surface area contributed by atoms with Crippen LogP contribution in [0.5, 0.6) is 5.75 Å². The topological polar surface area (TPSA) is 44.7 Å². The van der Waals surface area contributed by atoms with Gasteiger partial charge in [0.15, 0.2) is 5.75 Å². The Bertz CT molecular complexity index is 462. The summed E-state index contributed by atoms with van der Waals surface area (Å²) in [5, 5.41) is 14.2. The summed E-state index contributed by atoms with van der Waals surface area (Å²) in [6, 6.07) is 3.99. The SMILES string of the molecule is CCOc1c(Cl)cc(C(CO)N2CCNC(C)C2)cc1Cl. The highest BCUT2D eigenvalue weighted by Crippen LogP contribution is 2.37. The van der Waals surface area contributed by atoms with Crippen LogP contribution in [0.1, 0.15) is 25.5 Å². The van der Waals surface area contributed by atoms with E-state index in [9.17, 15) is 5.11 Å². The molecule has 0 amide bonds. The van der Waals surface area contributed by atoms with E-state index in [1.165, 1.54) is 0 Å². The Morgan fingerprint density at radius 3 is 2.62 bits per heavy atom. The Labute approximate surface area is 136 Å². The van der Waals surface area contributed by atoms with E-state index in [1.54, 1.807) is 0 Å². The Hall–Kier alpha value is -0.520. The number of piperazine rings is 1. The highest BCUT2D eigenvalue weighted by molar-refractivity contribution is 6.37. The van der Waals surface area contributed by atoms with Crippen LogP contribution in [0.3, 0.4) is 0 Å². The summed E-state index contributed by atoms with van der Waals surface area (Å²) in [4.78, 5) is 2.25. The molecule has 4 nitrogen and oxygen atoms in total. The fourth-order valence-electron chi connectivity index (χ4n) is 2.73. The van der Waals surface area contributed by atoms with Crippen molar-refractivity contribution in [3.05, 3.63) is 27.7 Å². The zero-order valence-electron chi connectivity index (χ0n) is 12.4. The maximum absolute atomic E-state index is 9.79. The lowest BCUT2D eigenvalue weighted by Crippen LogP contribution is -2.50. The van der Waals surface area contributed by atoms with Gasteiger partial charge in [-0.05, 0) is 31.5 Å². The molecule has 1 fully saturated rings. The molecule has 1 aromatic rings. The fourth-order valence-corrected chi connectivity index (χ4v) is 3.34. The first-order chi connectivity index (χ1) is 10.1. The standard InChI is InChI=1S/C15H22Cl2N2O2/c1-3-21-15-12(16)6-11(7-13(15)17)14(9-20)19-5-4-18-10(2)8-19/h6-7,10,14,18,20H,3-5,8-9H2,1-2H3. The van der Waals surface area contributed by atoms with Crippen LogP contribution in [0.15, 0.2) is 12.1 Å². The smallest absolute Gasteiger partial charge is 0.156 e. The number of benzene rings is 1. The summed E-state index contributed by atoms with van der Waals surface area (Å²) >= 11 is 12.5. The van der Waals surface area contributed by atoms with Gasteiger partial charge in [0, 0.05) is 25.7 Å². The monoisotopic (exact) mass is 332 g/mol. The van der Waals surface area contributed by atoms with E-state index in [4.69, 9.17) is 27.9 Å². The summed E-state index contributed by atoms with van der Waals surface area (Å²) in [6.45, 7) is 7.25. The van der Waals surface area contributed by atoms with Gasteiger partial charge in [-0.3, -0.25) is 4.90 Å². The van der Waals surface area contributed by atoms with E-state index in [0.29, 0.717) is 28.4 Å². The molecule has 118 valence electrons. The molecular weight excluding hydrogens is 311 g/mol. The molecular formula is C15H22Cl2N2O2. The first-order valence-electron chi connectivity index (χ1n) is 7.26. The van der Waals surface area contributed by atoms with Crippen molar-refractivity contribution in [3.63, 3.8) is 0 Å². The average Bonchev–Trinajstić information content (AvgIpc) is 2.44. The number of hydrogen-bond donors (Lipinski definition) is 2. The quantitative estimate of drug-likeness (QED) is 0.870. The molecule has 6 heteroatoms. The van der Waals surface area contributed by atoms with Gasteiger partial charge in [-0.15, -0.1) is 0 Å². The molecule has 0 saturated carbocycles. The van der Waals surface area contributed by atoms with Crippen LogP contribution in [0.25, 0.3) is 0 Å². The van der Waals surface area contributed by atoms with E-state index >= 15 is 0 Å². The van der Waals surface area contributed by atoms with Crippen molar-refractivity contribution in [1.29, 1.82) is 0 Å². The predicted molar refractivity (Wildman–Crippen MR) is 86.5 cm³/mol. The number of aliphatic hydroxyl groups is 1. The van der Waals surface area contributed by atoms with Gasteiger partial charge in [0.05, 0.1) is 29.3 Å². The molecule has 1 aromatic carbocycles. The molecule has 2 rings (SSSR count). The molecule has 1 aliphatic rings. The highest BCUT2D eigenvalue weighted by atomic mass is 35.5. The van der Waals surface area contributed by atoms with E-state index in [0.717, 1.165) is 25.2 Å². The number of rotatable bonds is 5. The van der Waals surface area contributed by atoms with Gasteiger partial charge in [0.25, 0.3) is 0 Å². The molecule has 0 aromatic heterocycles. The summed E-state index contributed by atoms with van der Waals surface area (Å²) in [6.07, 6.45) is 0. The molecule has 2 atom stereocenters. The molecule has 1 aliphatic heterocycles. The minimum absolute atomic E-state index is 0.0351. The van der Waals surface area contributed by atoms with Crippen molar-refractivity contribution in [2.75, 3.05) is 32.8 Å². The Kier molecular flexibility index (Phi) is 6.14. The van der Waals surface area contributed by atoms with E-state index < -0.39 is 0 Å². The van der Waals surface area contributed by atoms with Crippen LogP contribution in [0, 0.1) is 0 Å². The molecule has 0 bridgehead atoms. The Morgan fingerprint density at radius 1 is 1.43 bits per heavy atom. The second-order valence-corrected chi connectivity index (χ2v) is 6.11. The van der Waals surface area contributed by atoms with Crippen molar-refractivity contribution in [2.24, 2.45) is 0 Å². The fraction of sp³-hybridized carbons (Fsp3) is 0.600. The number of nitrogens with zero attached hydrogens (tertiary/aromatic N) is 1. The Morgan fingerprint density at radius 2 is 2.10 bits per heavy atom. The van der Waals surface area contributed by atoms with Crippen molar-refractivity contribution in [2.45, 2.75) is 25.9 Å². The third-order valence-electron chi connectivity index (χ3n) is 3.71. The van der Waals surface area contributed by atoms with Gasteiger partial charge in [-0.25, -0.2) is 0 Å². The molecule has 0 aliphatic carbocycles. The average molecular weight is 333 g/mol. The number of nitrogens with one attached hydrogen (secondary N) is 1. The number of ether oxygens (including phenoxy) is 1. The second-order valence-electron chi connectivity index (χ2n) is 5.30. The lowest BCUT2D eigenvalue weighted by atomic mass is 10.0. The molecule has 2 N–H and O–H groups in total. The van der Waals surface area contributed by atoms with Crippen molar-refractivity contribution < 1.29 is 9.84 Å². The minimum atomic E-state index is -0.0970. The van der Waals surface area contributed by atoms with Crippen molar-refractivity contribution >= 4 is 23.2 Å². The molecule has 21 heavy (non-hydrogen) atoms. The van der Waals surface area contributed by atoms with Gasteiger partial charge in [-0.1, -0.05) is 23.2 Å². The predicted octanol–water partition coefficient (Wildman–Crippen LogP) is 2.72. The van der Waals surface area contributed by atoms with Crippen LogP contribution >= 0.6 is 23.2 Å². The third kappa shape index (κ3) is 4.02. The molecule has 1 saturated heterocycles. The molecule has 0 radical (unpaired) electrons. The summed E-state index contributed by atoms with van der Waals surface area (Å²) < 4.78 is 5.45. The van der Waals surface area contributed by atoms with Gasteiger partial charge in [0.2, 0.25) is 0 Å². The van der Waals surface area contributed by atoms with Gasteiger partial charge >= 0.3 is 0 Å². The summed E-state index contributed by atoms with van der Waals surface area (Å²) in [5.74, 6) is 0.509. The van der Waals surface area contributed by atoms with Crippen LogP contribution in [-0.2, 0) is 0 Å². The zero-order chi connectivity index (χ0) is 15.4. The number of hydrogen-bond acceptors (Lipinski definition) is 4.